The number of para-hydroxylation sites is 1. The number of anilines is 1. The molecule has 21 heavy (non-hydrogen) atoms. The minimum Gasteiger partial charge on any atom is -0.478 e. The number of hydrogen-bond acceptors (Lipinski definition) is 4. The fraction of sp³-hybridized carbons (Fsp3) is 0.467. The van der Waals surface area contributed by atoms with Crippen molar-refractivity contribution in [1.82, 2.24) is 10.2 Å². The highest BCUT2D eigenvalue weighted by molar-refractivity contribution is 6.04. The first kappa shape index (κ1) is 13.9. The van der Waals surface area contributed by atoms with Gasteiger partial charge in [-0.25, -0.2) is 0 Å². The van der Waals surface area contributed by atoms with Gasteiger partial charge in [-0.05, 0) is 26.0 Å². The smallest absolute Gasteiger partial charge is 0.265 e. The van der Waals surface area contributed by atoms with Crippen LogP contribution in [0.1, 0.15) is 24.2 Å². The lowest BCUT2D eigenvalue weighted by atomic mass is 10.1. The second kappa shape index (κ2) is 5.37. The Hall–Kier alpha value is -2.08. The second-order valence-electron chi connectivity index (χ2n) is 5.48. The number of carbonyl (C=O) groups is 2. The third-order valence-electron chi connectivity index (χ3n) is 3.93. The third-order valence-corrected chi connectivity index (χ3v) is 3.93. The first-order valence-electron chi connectivity index (χ1n) is 7.20. The van der Waals surface area contributed by atoms with E-state index in [4.69, 9.17) is 4.74 Å². The first-order chi connectivity index (χ1) is 10.1. The van der Waals surface area contributed by atoms with E-state index in [0.29, 0.717) is 23.5 Å². The Morgan fingerprint density at radius 3 is 2.95 bits per heavy atom. The average molecular weight is 289 g/mol. The van der Waals surface area contributed by atoms with Crippen molar-refractivity contribution in [2.75, 3.05) is 25.0 Å². The van der Waals surface area contributed by atoms with Gasteiger partial charge in [-0.2, -0.15) is 0 Å². The predicted molar refractivity (Wildman–Crippen MR) is 78.5 cm³/mol. The molecule has 2 aliphatic rings. The highest BCUT2D eigenvalue weighted by atomic mass is 16.5. The van der Waals surface area contributed by atoms with Gasteiger partial charge in [0.05, 0.1) is 11.3 Å². The van der Waals surface area contributed by atoms with Gasteiger partial charge in [0.2, 0.25) is 0 Å². The van der Waals surface area contributed by atoms with E-state index in [9.17, 15) is 9.59 Å². The zero-order valence-electron chi connectivity index (χ0n) is 12.2. The van der Waals surface area contributed by atoms with Crippen LogP contribution in [0.25, 0.3) is 0 Å². The molecule has 1 aromatic carbocycles. The number of nitrogens with zero attached hydrogens (tertiary/aromatic N) is 1. The lowest BCUT2D eigenvalue weighted by Crippen LogP contribution is -2.52. The molecule has 0 aliphatic carbocycles. The Kier molecular flexibility index (Phi) is 3.55. The number of ether oxygens (including phenoxy) is 1. The summed E-state index contributed by atoms with van der Waals surface area (Å²) in [5.41, 5.74) is 1.07. The van der Waals surface area contributed by atoms with Gasteiger partial charge >= 0.3 is 0 Å². The molecular formula is C15H19N3O3. The molecule has 1 saturated heterocycles. The van der Waals surface area contributed by atoms with Crippen LogP contribution in [0.15, 0.2) is 18.2 Å². The molecule has 0 bridgehead atoms. The van der Waals surface area contributed by atoms with E-state index in [1.807, 2.05) is 11.8 Å². The van der Waals surface area contributed by atoms with E-state index in [2.05, 4.69) is 10.6 Å². The second-order valence-corrected chi connectivity index (χ2v) is 5.48. The standard InChI is InChI=1S/C15H19N3O3/c1-9-8-16-6-7-18(9)15(20)11-4-3-5-12-13(11)21-10(2)14(19)17-12/h3-5,9-10,16H,6-8H2,1-2H3,(H,17,19)/t9-,10-/m1/s1. The van der Waals surface area contributed by atoms with E-state index in [-0.39, 0.29) is 17.9 Å². The Balaban J connectivity index is 1.94. The van der Waals surface area contributed by atoms with Gasteiger partial charge in [0.1, 0.15) is 0 Å². The number of hydrogen-bond donors (Lipinski definition) is 2. The van der Waals surface area contributed by atoms with Crippen molar-refractivity contribution in [2.45, 2.75) is 26.0 Å². The number of carbonyl (C=O) groups excluding carboxylic acids is 2. The first-order valence-corrected chi connectivity index (χ1v) is 7.20. The van der Waals surface area contributed by atoms with Crippen molar-refractivity contribution in [3.63, 3.8) is 0 Å². The SMILES string of the molecule is C[C@@H]1CNCCN1C(=O)c1cccc2c1O[C@H](C)C(=O)N2. The lowest BCUT2D eigenvalue weighted by molar-refractivity contribution is -0.122. The molecule has 2 atom stereocenters. The molecule has 2 N–H and O–H groups in total. The van der Waals surface area contributed by atoms with Gasteiger partial charge in [-0.15, -0.1) is 0 Å². The summed E-state index contributed by atoms with van der Waals surface area (Å²) < 4.78 is 5.65. The lowest BCUT2D eigenvalue weighted by Gasteiger charge is -2.35. The quantitative estimate of drug-likeness (QED) is 0.804. The maximum Gasteiger partial charge on any atom is 0.265 e. The zero-order chi connectivity index (χ0) is 15.0. The summed E-state index contributed by atoms with van der Waals surface area (Å²) in [5.74, 6) is 0.229. The van der Waals surface area contributed by atoms with E-state index < -0.39 is 6.10 Å². The van der Waals surface area contributed by atoms with E-state index in [1.54, 1.807) is 25.1 Å². The maximum atomic E-state index is 12.8. The van der Waals surface area contributed by atoms with Gasteiger partial charge in [-0.1, -0.05) is 6.07 Å². The van der Waals surface area contributed by atoms with Gasteiger partial charge in [-0.3, -0.25) is 9.59 Å². The zero-order valence-corrected chi connectivity index (χ0v) is 12.2. The topological polar surface area (TPSA) is 70.7 Å². The van der Waals surface area contributed by atoms with Crippen molar-refractivity contribution in [2.24, 2.45) is 0 Å². The molecule has 112 valence electrons. The summed E-state index contributed by atoms with van der Waals surface area (Å²) in [6, 6.07) is 5.40. The molecule has 2 heterocycles. The maximum absolute atomic E-state index is 12.8. The van der Waals surface area contributed by atoms with Crippen LogP contribution in [0.3, 0.4) is 0 Å². The molecule has 0 radical (unpaired) electrons. The van der Waals surface area contributed by atoms with Gasteiger partial charge in [0, 0.05) is 25.7 Å². The van der Waals surface area contributed by atoms with Crippen molar-refractivity contribution in [3.05, 3.63) is 23.8 Å². The molecule has 2 aliphatic heterocycles. The molecule has 3 rings (SSSR count). The molecule has 6 nitrogen and oxygen atoms in total. The number of nitrogens with one attached hydrogen (secondary N) is 2. The average Bonchev–Trinajstić information content (AvgIpc) is 2.48. The van der Waals surface area contributed by atoms with Crippen LogP contribution in [0, 0.1) is 0 Å². The van der Waals surface area contributed by atoms with E-state index in [1.165, 1.54) is 0 Å². The van der Waals surface area contributed by atoms with Crippen molar-refractivity contribution in [3.8, 4) is 5.75 Å². The molecular weight excluding hydrogens is 270 g/mol. The predicted octanol–water partition coefficient (Wildman–Crippen LogP) is 0.840. The number of rotatable bonds is 1. The van der Waals surface area contributed by atoms with Crippen LogP contribution in [0.5, 0.6) is 5.75 Å². The molecule has 0 unspecified atom stereocenters. The van der Waals surface area contributed by atoms with Gasteiger partial charge < -0.3 is 20.3 Å². The molecule has 0 aromatic heterocycles. The van der Waals surface area contributed by atoms with E-state index >= 15 is 0 Å². The summed E-state index contributed by atoms with van der Waals surface area (Å²) in [5, 5.41) is 6.04. The van der Waals surface area contributed by atoms with Gasteiger partial charge in [0.25, 0.3) is 11.8 Å². The Morgan fingerprint density at radius 1 is 1.38 bits per heavy atom. The number of amides is 2. The molecule has 2 amide bonds. The Labute approximate surface area is 123 Å². The summed E-state index contributed by atoms with van der Waals surface area (Å²) >= 11 is 0. The van der Waals surface area contributed by atoms with Crippen molar-refractivity contribution >= 4 is 17.5 Å². The van der Waals surface area contributed by atoms with E-state index in [0.717, 1.165) is 13.1 Å². The van der Waals surface area contributed by atoms with Crippen molar-refractivity contribution in [1.29, 1.82) is 0 Å². The van der Waals surface area contributed by atoms with Crippen LogP contribution >= 0.6 is 0 Å². The van der Waals surface area contributed by atoms with Crippen LogP contribution < -0.4 is 15.4 Å². The number of benzene rings is 1. The monoisotopic (exact) mass is 289 g/mol. The summed E-state index contributed by atoms with van der Waals surface area (Å²) in [6.45, 7) is 5.94. The minimum atomic E-state index is -0.591. The van der Waals surface area contributed by atoms with Crippen LogP contribution in [-0.2, 0) is 4.79 Å². The molecule has 6 heteroatoms. The number of piperazine rings is 1. The largest absolute Gasteiger partial charge is 0.478 e. The third kappa shape index (κ3) is 2.47. The molecule has 0 spiro atoms. The number of fused-ring (bicyclic) bond motifs is 1. The highest BCUT2D eigenvalue weighted by Gasteiger charge is 2.31. The fourth-order valence-corrected chi connectivity index (χ4v) is 2.69. The van der Waals surface area contributed by atoms with Crippen LogP contribution in [0.2, 0.25) is 0 Å². The molecule has 1 aromatic rings. The van der Waals surface area contributed by atoms with Gasteiger partial charge in [0.15, 0.2) is 11.9 Å². The fourth-order valence-electron chi connectivity index (χ4n) is 2.69. The minimum absolute atomic E-state index is 0.0517. The summed E-state index contributed by atoms with van der Waals surface area (Å²) in [4.78, 5) is 26.3. The normalized spacial score (nSPS) is 24.9. The van der Waals surface area contributed by atoms with Crippen LogP contribution in [0.4, 0.5) is 5.69 Å². The molecule has 1 fully saturated rings. The highest BCUT2D eigenvalue weighted by Crippen LogP contribution is 2.34. The van der Waals surface area contributed by atoms with Crippen molar-refractivity contribution < 1.29 is 14.3 Å². The Bertz CT molecular complexity index is 588. The summed E-state index contributed by atoms with van der Waals surface area (Å²) in [6.07, 6.45) is -0.591. The van der Waals surface area contributed by atoms with Crippen LogP contribution in [-0.4, -0.2) is 48.5 Å². The Morgan fingerprint density at radius 2 is 2.19 bits per heavy atom. The molecule has 0 saturated carbocycles. The summed E-state index contributed by atoms with van der Waals surface area (Å²) in [7, 11) is 0.